The predicted octanol–water partition coefficient (Wildman–Crippen LogP) is 4.41. The third kappa shape index (κ3) is 2.48. The molecular formula is C20H18FNO2. The fourth-order valence-corrected chi connectivity index (χ4v) is 3.72. The monoisotopic (exact) mass is 323 g/mol. The van der Waals surface area contributed by atoms with Crippen LogP contribution in [0.15, 0.2) is 42.5 Å². The number of carboxylic acid groups (broad SMARTS) is 1. The number of benzene rings is 2. The van der Waals surface area contributed by atoms with Gasteiger partial charge in [-0.25, -0.2) is 9.18 Å². The van der Waals surface area contributed by atoms with Gasteiger partial charge in [-0.05, 0) is 61.1 Å². The van der Waals surface area contributed by atoms with Crippen LogP contribution in [-0.4, -0.2) is 15.6 Å². The zero-order valence-electron chi connectivity index (χ0n) is 13.3. The molecule has 0 saturated carbocycles. The van der Waals surface area contributed by atoms with Gasteiger partial charge in [-0.3, -0.25) is 0 Å². The second-order valence-electron chi connectivity index (χ2n) is 6.38. The van der Waals surface area contributed by atoms with E-state index in [9.17, 15) is 14.3 Å². The molecule has 24 heavy (non-hydrogen) atoms. The van der Waals surface area contributed by atoms with E-state index in [2.05, 4.69) is 4.57 Å². The van der Waals surface area contributed by atoms with Crippen LogP contribution in [0.1, 0.15) is 40.0 Å². The lowest BCUT2D eigenvalue weighted by molar-refractivity contribution is 0.0697. The van der Waals surface area contributed by atoms with Crippen molar-refractivity contribution >= 4 is 16.9 Å². The zero-order chi connectivity index (χ0) is 16.7. The maximum atomic E-state index is 13.2. The first kappa shape index (κ1) is 14.9. The summed E-state index contributed by atoms with van der Waals surface area (Å²) in [5.41, 5.74) is 4.92. The molecule has 4 rings (SSSR count). The van der Waals surface area contributed by atoms with Crippen LogP contribution in [0, 0.1) is 5.82 Å². The number of hydrogen-bond donors (Lipinski definition) is 1. The second-order valence-corrected chi connectivity index (χ2v) is 6.38. The minimum atomic E-state index is -0.913. The maximum Gasteiger partial charge on any atom is 0.335 e. The Morgan fingerprint density at radius 3 is 2.58 bits per heavy atom. The van der Waals surface area contributed by atoms with Crippen LogP contribution in [0.4, 0.5) is 4.39 Å². The molecule has 0 saturated heterocycles. The molecule has 0 fully saturated rings. The van der Waals surface area contributed by atoms with Crippen molar-refractivity contribution in [3.63, 3.8) is 0 Å². The van der Waals surface area contributed by atoms with Crippen molar-refractivity contribution in [3.8, 4) is 0 Å². The van der Waals surface area contributed by atoms with Crippen LogP contribution < -0.4 is 0 Å². The van der Waals surface area contributed by atoms with E-state index in [-0.39, 0.29) is 5.82 Å². The lowest BCUT2D eigenvalue weighted by Gasteiger charge is -2.16. The van der Waals surface area contributed by atoms with Crippen molar-refractivity contribution in [3.05, 3.63) is 70.7 Å². The maximum absolute atomic E-state index is 13.2. The quantitative estimate of drug-likeness (QED) is 0.776. The van der Waals surface area contributed by atoms with Gasteiger partial charge in [0, 0.05) is 23.1 Å². The van der Waals surface area contributed by atoms with E-state index in [4.69, 9.17) is 0 Å². The molecule has 122 valence electrons. The molecule has 2 aromatic carbocycles. The average Bonchev–Trinajstić information content (AvgIpc) is 2.90. The fourth-order valence-electron chi connectivity index (χ4n) is 3.72. The molecule has 1 aromatic heterocycles. The van der Waals surface area contributed by atoms with E-state index in [0.29, 0.717) is 12.1 Å². The van der Waals surface area contributed by atoms with Gasteiger partial charge in [0.1, 0.15) is 5.82 Å². The first-order valence-corrected chi connectivity index (χ1v) is 8.25. The molecule has 0 spiro atoms. The van der Waals surface area contributed by atoms with Crippen LogP contribution in [0.25, 0.3) is 10.9 Å². The van der Waals surface area contributed by atoms with Crippen LogP contribution in [0.3, 0.4) is 0 Å². The lowest BCUT2D eigenvalue weighted by atomic mass is 9.95. The van der Waals surface area contributed by atoms with Gasteiger partial charge in [-0.2, -0.15) is 0 Å². The number of carboxylic acids is 1. The summed E-state index contributed by atoms with van der Waals surface area (Å²) in [4.78, 5) is 11.3. The van der Waals surface area contributed by atoms with Gasteiger partial charge < -0.3 is 9.67 Å². The highest BCUT2D eigenvalue weighted by Crippen LogP contribution is 2.33. The summed E-state index contributed by atoms with van der Waals surface area (Å²) < 4.78 is 15.4. The number of nitrogens with zero attached hydrogens (tertiary/aromatic N) is 1. The zero-order valence-corrected chi connectivity index (χ0v) is 13.3. The lowest BCUT2D eigenvalue weighted by Crippen LogP contribution is -2.09. The SMILES string of the molecule is O=C(O)c1ccc2c3c(n(Cc4ccc(F)cc4)c2c1)CCCC3. The molecule has 0 amide bonds. The van der Waals surface area contributed by atoms with E-state index in [1.807, 2.05) is 6.07 Å². The van der Waals surface area contributed by atoms with E-state index in [0.717, 1.165) is 35.7 Å². The van der Waals surface area contributed by atoms with Crippen molar-refractivity contribution in [1.29, 1.82) is 0 Å². The van der Waals surface area contributed by atoms with E-state index >= 15 is 0 Å². The Kier molecular flexibility index (Phi) is 3.60. The van der Waals surface area contributed by atoms with E-state index in [1.165, 1.54) is 29.8 Å². The Morgan fingerprint density at radius 1 is 1.08 bits per heavy atom. The molecule has 3 aromatic rings. The topological polar surface area (TPSA) is 42.2 Å². The highest BCUT2D eigenvalue weighted by molar-refractivity contribution is 5.95. The molecule has 3 nitrogen and oxygen atoms in total. The standard InChI is InChI=1S/C20H18FNO2/c21-15-8-5-13(6-9-15)12-22-18-4-2-1-3-16(18)17-10-7-14(20(23)24)11-19(17)22/h5-11H,1-4,12H2,(H,23,24). The van der Waals surface area contributed by atoms with Gasteiger partial charge in [0.15, 0.2) is 0 Å². The minimum absolute atomic E-state index is 0.244. The first-order chi connectivity index (χ1) is 11.6. The van der Waals surface area contributed by atoms with Crippen molar-refractivity contribution in [2.24, 2.45) is 0 Å². The number of carbonyl (C=O) groups is 1. The third-order valence-electron chi connectivity index (χ3n) is 4.88. The van der Waals surface area contributed by atoms with Gasteiger partial charge in [0.2, 0.25) is 0 Å². The molecule has 0 bridgehead atoms. The summed E-state index contributed by atoms with van der Waals surface area (Å²) in [6.07, 6.45) is 4.37. The van der Waals surface area contributed by atoms with Gasteiger partial charge in [-0.1, -0.05) is 18.2 Å². The minimum Gasteiger partial charge on any atom is -0.478 e. The summed E-state index contributed by atoms with van der Waals surface area (Å²) in [5.74, 6) is -1.16. The van der Waals surface area contributed by atoms with Crippen molar-refractivity contribution in [2.75, 3.05) is 0 Å². The molecule has 1 heterocycles. The first-order valence-electron chi connectivity index (χ1n) is 8.25. The van der Waals surface area contributed by atoms with Crippen LogP contribution in [0.5, 0.6) is 0 Å². The molecule has 0 radical (unpaired) electrons. The highest BCUT2D eigenvalue weighted by atomic mass is 19.1. The largest absolute Gasteiger partial charge is 0.478 e. The van der Waals surface area contributed by atoms with Crippen LogP contribution in [-0.2, 0) is 19.4 Å². The molecule has 0 unspecified atom stereocenters. The molecule has 4 heteroatoms. The van der Waals surface area contributed by atoms with Gasteiger partial charge >= 0.3 is 5.97 Å². The number of halogens is 1. The van der Waals surface area contributed by atoms with Crippen molar-refractivity contribution in [1.82, 2.24) is 4.57 Å². The number of aromatic nitrogens is 1. The van der Waals surface area contributed by atoms with E-state index in [1.54, 1.807) is 24.3 Å². The summed E-state index contributed by atoms with van der Waals surface area (Å²) in [6, 6.07) is 11.9. The smallest absolute Gasteiger partial charge is 0.335 e. The normalized spacial score (nSPS) is 13.9. The summed E-state index contributed by atoms with van der Waals surface area (Å²) >= 11 is 0. The number of rotatable bonds is 3. The number of hydrogen-bond acceptors (Lipinski definition) is 1. The molecule has 0 atom stereocenters. The number of aryl methyl sites for hydroxylation is 1. The predicted molar refractivity (Wildman–Crippen MR) is 91.0 cm³/mol. The molecular weight excluding hydrogens is 305 g/mol. The van der Waals surface area contributed by atoms with Crippen molar-refractivity contribution < 1.29 is 14.3 Å². The fraction of sp³-hybridized carbons (Fsp3) is 0.250. The Balaban J connectivity index is 1.89. The summed E-state index contributed by atoms with van der Waals surface area (Å²) in [5, 5.41) is 10.5. The Bertz CT molecular complexity index is 925. The molecule has 1 aliphatic carbocycles. The molecule has 0 aliphatic heterocycles. The van der Waals surface area contributed by atoms with Gasteiger partial charge in [0.25, 0.3) is 0 Å². The molecule has 1 N–H and O–H groups in total. The number of fused-ring (bicyclic) bond motifs is 3. The van der Waals surface area contributed by atoms with Gasteiger partial charge in [0.05, 0.1) is 5.56 Å². The van der Waals surface area contributed by atoms with Crippen molar-refractivity contribution in [2.45, 2.75) is 32.2 Å². The van der Waals surface area contributed by atoms with E-state index < -0.39 is 5.97 Å². The van der Waals surface area contributed by atoms with Crippen LogP contribution in [0.2, 0.25) is 0 Å². The molecule has 1 aliphatic rings. The summed E-state index contributed by atoms with van der Waals surface area (Å²) in [6.45, 7) is 0.634. The Morgan fingerprint density at radius 2 is 1.83 bits per heavy atom. The highest BCUT2D eigenvalue weighted by Gasteiger charge is 2.21. The second kappa shape index (κ2) is 5.78. The summed E-state index contributed by atoms with van der Waals surface area (Å²) in [7, 11) is 0. The third-order valence-corrected chi connectivity index (χ3v) is 4.88. The Hall–Kier alpha value is -2.62. The Labute approximate surface area is 139 Å². The number of aromatic carboxylic acids is 1. The van der Waals surface area contributed by atoms with Gasteiger partial charge in [-0.15, -0.1) is 0 Å². The van der Waals surface area contributed by atoms with Crippen LogP contribution >= 0.6 is 0 Å². The average molecular weight is 323 g/mol.